The van der Waals surface area contributed by atoms with E-state index in [1.165, 1.54) is 25.8 Å². The lowest BCUT2D eigenvalue weighted by Crippen LogP contribution is -2.35. The van der Waals surface area contributed by atoms with E-state index in [1.54, 1.807) is 0 Å². The summed E-state index contributed by atoms with van der Waals surface area (Å²) in [5.74, 6) is 1.04. The molecule has 0 aliphatic rings. The molecule has 0 aliphatic carbocycles. The summed E-state index contributed by atoms with van der Waals surface area (Å²) < 4.78 is 1.09. The maximum Gasteiger partial charge on any atom is 0.0780 e. The Morgan fingerprint density at radius 1 is 1.00 bits per heavy atom. The largest absolute Gasteiger partial charge is 0.331 e. The number of thiol groups is 1. The van der Waals surface area contributed by atoms with Crippen molar-refractivity contribution in [1.29, 1.82) is 0 Å². The van der Waals surface area contributed by atoms with Gasteiger partial charge in [-0.2, -0.15) is 12.6 Å². The van der Waals surface area contributed by atoms with E-state index >= 15 is 0 Å². The van der Waals surface area contributed by atoms with Crippen LogP contribution >= 0.6 is 12.6 Å². The Balaban J connectivity index is 3.04. The quantitative estimate of drug-likeness (QED) is 0.356. The Morgan fingerprint density at radius 2 is 1.60 bits per heavy atom. The number of hydrogen-bond acceptors (Lipinski definition) is 1. The zero-order chi connectivity index (χ0) is 8.04. The van der Waals surface area contributed by atoms with Crippen molar-refractivity contribution >= 4 is 12.6 Å². The molecule has 0 saturated heterocycles. The Morgan fingerprint density at radius 3 is 2.00 bits per heavy atom. The van der Waals surface area contributed by atoms with Crippen molar-refractivity contribution in [2.75, 3.05) is 33.4 Å². The third-order valence-corrected chi connectivity index (χ3v) is 1.80. The summed E-state index contributed by atoms with van der Waals surface area (Å²) in [6, 6.07) is 0. The molecule has 0 spiro atoms. The maximum absolute atomic E-state index is 4.16. The molecule has 0 N–H and O–H groups in total. The van der Waals surface area contributed by atoms with Crippen LogP contribution in [0, 0.1) is 0 Å². The lowest BCUT2D eigenvalue weighted by atomic mass is 10.2. The minimum atomic E-state index is 1.04. The summed E-state index contributed by atoms with van der Waals surface area (Å²) >= 11 is 4.16. The first-order valence-electron chi connectivity index (χ1n) is 3.97. The second kappa shape index (κ2) is 5.03. The van der Waals surface area contributed by atoms with Crippen molar-refractivity contribution in [2.24, 2.45) is 0 Å². The molecule has 0 atom stereocenters. The molecule has 0 unspecified atom stereocenters. The molecule has 0 aromatic heterocycles. The van der Waals surface area contributed by atoms with Crippen LogP contribution in [0.2, 0.25) is 0 Å². The van der Waals surface area contributed by atoms with Gasteiger partial charge in [0, 0.05) is 0 Å². The molecule has 62 valence electrons. The van der Waals surface area contributed by atoms with E-state index in [0.717, 1.165) is 10.2 Å². The molecule has 0 rings (SSSR count). The molecule has 0 aromatic rings. The van der Waals surface area contributed by atoms with Gasteiger partial charge in [0.1, 0.15) is 0 Å². The van der Waals surface area contributed by atoms with E-state index < -0.39 is 0 Å². The van der Waals surface area contributed by atoms with E-state index in [2.05, 4.69) is 33.8 Å². The highest BCUT2D eigenvalue weighted by molar-refractivity contribution is 7.80. The molecule has 1 nitrogen and oxygen atoms in total. The van der Waals surface area contributed by atoms with Crippen molar-refractivity contribution < 1.29 is 4.48 Å². The van der Waals surface area contributed by atoms with Crippen LogP contribution in [0.25, 0.3) is 0 Å². The molecule has 0 radical (unpaired) electrons. The molecule has 0 amide bonds. The van der Waals surface area contributed by atoms with Gasteiger partial charge in [-0.25, -0.2) is 0 Å². The van der Waals surface area contributed by atoms with E-state index in [4.69, 9.17) is 0 Å². The molecule has 0 heterocycles. The monoisotopic (exact) mass is 162 g/mol. The van der Waals surface area contributed by atoms with Gasteiger partial charge >= 0.3 is 0 Å². The second-order valence-electron chi connectivity index (χ2n) is 3.80. The third-order valence-electron chi connectivity index (χ3n) is 1.49. The predicted octanol–water partition coefficient (Wildman–Crippen LogP) is 1.79. The summed E-state index contributed by atoms with van der Waals surface area (Å²) in [4.78, 5) is 0. The average molecular weight is 162 g/mol. The molecule has 0 saturated carbocycles. The van der Waals surface area contributed by atoms with Gasteiger partial charge in [-0.3, -0.25) is 0 Å². The number of rotatable bonds is 5. The first-order chi connectivity index (χ1) is 4.56. The van der Waals surface area contributed by atoms with Gasteiger partial charge in [-0.15, -0.1) is 0 Å². The van der Waals surface area contributed by atoms with Gasteiger partial charge < -0.3 is 4.48 Å². The van der Waals surface area contributed by atoms with Crippen molar-refractivity contribution in [3.8, 4) is 0 Å². The fourth-order valence-electron chi connectivity index (χ4n) is 0.875. The Bertz CT molecular complexity index is 75.8. The Labute approximate surface area is 70.4 Å². The van der Waals surface area contributed by atoms with Crippen LogP contribution in [0.3, 0.4) is 0 Å². The molecule has 0 bridgehead atoms. The summed E-state index contributed by atoms with van der Waals surface area (Å²) in [7, 11) is 6.71. The lowest BCUT2D eigenvalue weighted by Gasteiger charge is -2.23. The molecule has 0 fully saturated rings. The SMILES string of the molecule is C[N+](C)(C)CCCCCS. The lowest BCUT2D eigenvalue weighted by molar-refractivity contribution is -0.870. The van der Waals surface area contributed by atoms with Gasteiger partial charge in [0.15, 0.2) is 0 Å². The zero-order valence-electron chi connectivity index (χ0n) is 7.43. The topological polar surface area (TPSA) is 0 Å². The van der Waals surface area contributed by atoms with Crippen LogP contribution in [-0.4, -0.2) is 37.9 Å². The summed E-state index contributed by atoms with van der Waals surface area (Å²) in [5.41, 5.74) is 0. The van der Waals surface area contributed by atoms with Crippen LogP contribution in [0.15, 0.2) is 0 Å². The Hall–Kier alpha value is 0.310. The second-order valence-corrected chi connectivity index (χ2v) is 4.25. The molecule has 0 aliphatic heterocycles. The minimum absolute atomic E-state index is 1.04. The highest BCUT2D eigenvalue weighted by Crippen LogP contribution is 2.00. The van der Waals surface area contributed by atoms with Crippen LogP contribution in [0.1, 0.15) is 19.3 Å². The maximum atomic E-state index is 4.16. The van der Waals surface area contributed by atoms with E-state index in [0.29, 0.717) is 0 Å². The fourth-order valence-corrected chi connectivity index (χ4v) is 1.10. The summed E-state index contributed by atoms with van der Waals surface area (Å²) in [6.07, 6.45) is 3.94. The van der Waals surface area contributed by atoms with E-state index in [1.807, 2.05) is 0 Å². The minimum Gasteiger partial charge on any atom is -0.331 e. The molecule has 10 heavy (non-hydrogen) atoms. The van der Waals surface area contributed by atoms with Gasteiger partial charge in [-0.05, 0) is 25.0 Å². The van der Waals surface area contributed by atoms with Crippen molar-refractivity contribution in [1.82, 2.24) is 0 Å². The van der Waals surface area contributed by atoms with Crippen molar-refractivity contribution in [2.45, 2.75) is 19.3 Å². The summed E-state index contributed by atoms with van der Waals surface area (Å²) in [5, 5.41) is 0. The highest BCUT2D eigenvalue weighted by atomic mass is 32.1. The van der Waals surface area contributed by atoms with Crippen LogP contribution in [0.4, 0.5) is 0 Å². The third kappa shape index (κ3) is 8.31. The van der Waals surface area contributed by atoms with Crippen LogP contribution in [0.5, 0.6) is 0 Å². The van der Waals surface area contributed by atoms with Crippen molar-refractivity contribution in [3.63, 3.8) is 0 Å². The van der Waals surface area contributed by atoms with E-state index in [9.17, 15) is 0 Å². The first kappa shape index (κ1) is 10.3. The van der Waals surface area contributed by atoms with Gasteiger partial charge in [0.25, 0.3) is 0 Å². The zero-order valence-corrected chi connectivity index (χ0v) is 8.32. The fraction of sp³-hybridized carbons (Fsp3) is 1.00. The smallest absolute Gasteiger partial charge is 0.0780 e. The van der Waals surface area contributed by atoms with E-state index in [-0.39, 0.29) is 0 Å². The standard InChI is InChI=1S/C8H19NS/c1-9(2,3)7-5-4-6-8-10/h4-8H2,1-3H3/p+1. The number of quaternary nitrogens is 1. The number of nitrogens with zero attached hydrogens (tertiary/aromatic N) is 1. The molecule has 0 aromatic carbocycles. The molecular formula is C8H20NS+. The first-order valence-corrected chi connectivity index (χ1v) is 4.61. The normalized spacial score (nSPS) is 12.0. The molecule has 2 heteroatoms. The van der Waals surface area contributed by atoms with Gasteiger partial charge in [0.2, 0.25) is 0 Å². The van der Waals surface area contributed by atoms with Crippen LogP contribution in [-0.2, 0) is 0 Å². The summed E-state index contributed by atoms with van der Waals surface area (Å²) in [6.45, 7) is 1.29. The van der Waals surface area contributed by atoms with Crippen molar-refractivity contribution in [3.05, 3.63) is 0 Å². The predicted molar refractivity (Wildman–Crippen MR) is 50.6 cm³/mol. The van der Waals surface area contributed by atoms with Gasteiger partial charge in [0.05, 0.1) is 27.7 Å². The van der Waals surface area contributed by atoms with Crippen LogP contribution < -0.4 is 0 Å². The van der Waals surface area contributed by atoms with Gasteiger partial charge in [-0.1, -0.05) is 0 Å². The highest BCUT2D eigenvalue weighted by Gasteiger charge is 2.04. The number of hydrogen-bond donors (Lipinski definition) is 1. The Kier molecular flexibility index (Phi) is 5.18. The molecular weight excluding hydrogens is 142 g/mol. The number of unbranched alkanes of at least 4 members (excludes halogenated alkanes) is 2. The average Bonchev–Trinajstić information content (AvgIpc) is 1.78.